The third-order valence-corrected chi connectivity index (χ3v) is 3.73. The Bertz CT molecular complexity index is 468. The van der Waals surface area contributed by atoms with Crippen LogP contribution < -0.4 is 10.2 Å². The summed E-state index contributed by atoms with van der Waals surface area (Å²) in [4.78, 5) is 2.26. The van der Waals surface area contributed by atoms with Crippen LogP contribution in [0.15, 0.2) is 18.2 Å². The molecule has 0 aliphatic rings. The molecule has 0 saturated carbocycles. The van der Waals surface area contributed by atoms with Crippen LogP contribution in [0.5, 0.6) is 0 Å². The average Bonchev–Trinajstić information content (AvgIpc) is 2.53. The molecule has 0 radical (unpaired) electrons. The lowest BCUT2D eigenvalue weighted by atomic mass is 10.1. The molecule has 1 aromatic rings. The maximum atomic E-state index is 9.47. The molecule has 0 aliphatic heterocycles. The predicted octanol–water partition coefficient (Wildman–Crippen LogP) is 2.92. The number of nitrogens with one attached hydrogen (secondary N) is 1. The van der Waals surface area contributed by atoms with Crippen LogP contribution in [-0.4, -0.2) is 32.8 Å². The van der Waals surface area contributed by atoms with Crippen molar-refractivity contribution in [2.45, 2.75) is 39.8 Å². The number of hydrogen-bond donors (Lipinski definition) is 1. The highest BCUT2D eigenvalue weighted by molar-refractivity contribution is 5.61. The van der Waals surface area contributed by atoms with Crippen LogP contribution in [-0.2, 0) is 11.3 Å². The second-order valence-electron chi connectivity index (χ2n) is 5.19. The summed E-state index contributed by atoms with van der Waals surface area (Å²) in [6, 6.07) is 8.87. The number of methoxy groups -OCH3 is 1. The molecule has 0 fully saturated rings. The predicted molar refractivity (Wildman–Crippen MR) is 87.5 cm³/mol. The van der Waals surface area contributed by atoms with Gasteiger partial charge in [0.05, 0.1) is 17.9 Å². The van der Waals surface area contributed by atoms with E-state index in [0.717, 1.165) is 42.9 Å². The van der Waals surface area contributed by atoms with E-state index in [2.05, 4.69) is 49.2 Å². The van der Waals surface area contributed by atoms with Gasteiger partial charge in [0.1, 0.15) is 6.07 Å². The van der Waals surface area contributed by atoms with Crippen molar-refractivity contribution in [3.8, 4) is 6.07 Å². The van der Waals surface area contributed by atoms with E-state index < -0.39 is 0 Å². The topological polar surface area (TPSA) is 48.3 Å². The van der Waals surface area contributed by atoms with E-state index in [1.807, 2.05) is 6.07 Å². The van der Waals surface area contributed by atoms with Gasteiger partial charge in [-0.05, 0) is 37.6 Å². The highest BCUT2D eigenvalue weighted by Gasteiger charge is 2.16. The highest BCUT2D eigenvalue weighted by atomic mass is 16.5. The van der Waals surface area contributed by atoms with Crippen LogP contribution in [0.3, 0.4) is 0 Å². The van der Waals surface area contributed by atoms with Gasteiger partial charge < -0.3 is 15.0 Å². The summed E-state index contributed by atoms with van der Waals surface area (Å²) in [7, 11) is 1.71. The quantitative estimate of drug-likeness (QED) is 0.759. The Morgan fingerprint density at radius 2 is 2.14 bits per heavy atom. The van der Waals surface area contributed by atoms with E-state index in [-0.39, 0.29) is 0 Å². The first kappa shape index (κ1) is 17.5. The van der Waals surface area contributed by atoms with Gasteiger partial charge in [-0.1, -0.05) is 19.9 Å². The van der Waals surface area contributed by atoms with Crippen molar-refractivity contribution in [2.24, 2.45) is 0 Å². The minimum Gasteiger partial charge on any atom is -0.383 e. The van der Waals surface area contributed by atoms with Gasteiger partial charge >= 0.3 is 0 Å². The van der Waals surface area contributed by atoms with Crippen molar-refractivity contribution in [3.05, 3.63) is 29.3 Å². The third-order valence-electron chi connectivity index (χ3n) is 3.73. The first-order valence-corrected chi connectivity index (χ1v) is 7.67. The maximum Gasteiger partial charge on any atom is 0.101 e. The van der Waals surface area contributed by atoms with Crippen molar-refractivity contribution < 1.29 is 4.74 Å². The fourth-order valence-corrected chi connectivity index (χ4v) is 2.29. The lowest BCUT2D eigenvalue weighted by molar-refractivity contribution is 0.203. The lowest BCUT2D eigenvalue weighted by Crippen LogP contribution is -2.36. The van der Waals surface area contributed by atoms with Crippen LogP contribution in [0.4, 0.5) is 5.69 Å². The van der Waals surface area contributed by atoms with E-state index in [1.54, 1.807) is 7.11 Å². The van der Waals surface area contributed by atoms with E-state index in [0.29, 0.717) is 12.6 Å². The Hall–Kier alpha value is -1.57. The molecule has 0 bridgehead atoms. The Labute approximate surface area is 128 Å². The molecule has 0 heterocycles. The molecule has 1 rings (SSSR count). The molecular formula is C17H27N3O. The molecule has 0 amide bonds. The normalized spacial score (nSPS) is 12.0. The standard InChI is InChI=1S/C17H27N3O/c1-5-14(3)20(9-10-21-4)17-8-7-15(13-19-6-2)11-16(17)12-18/h7-8,11,14,19H,5-6,9-10,13H2,1-4H3. The van der Waals surface area contributed by atoms with Gasteiger partial charge in [-0.2, -0.15) is 5.26 Å². The van der Waals surface area contributed by atoms with E-state index in [4.69, 9.17) is 4.74 Å². The van der Waals surface area contributed by atoms with Gasteiger partial charge in [0.25, 0.3) is 0 Å². The molecule has 116 valence electrons. The molecule has 0 aliphatic carbocycles. The summed E-state index contributed by atoms with van der Waals surface area (Å²) >= 11 is 0. The third kappa shape index (κ3) is 5.04. The zero-order valence-corrected chi connectivity index (χ0v) is 13.6. The zero-order chi connectivity index (χ0) is 15.7. The van der Waals surface area contributed by atoms with Crippen molar-refractivity contribution in [2.75, 3.05) is 31.7 Å². The largest absolute Gasteiger partial charge is 0.383 e. The van der Waals surface area contributed by atoms with Gasteiger partial charge in [0.2, 0.25) is 0 Å². The summed E-state index contributed by atoms with van der Waals surface area (Å²) in [5.41, 5.74) is 2.89. The summed E-state index contributed by atoms with van der Waals surface area (Å²) in [6.07, 6.45) is 1.04. The van der Waals surface area contributed by atoms with E-state index >= 15 is 0 Å². The lowest BCUT2D eigenvalue weighted by Gasteiger charge is -2.31. The molecule has 1 unspecified atom stereocenters. The molecule has 1 N–H and O–H groups in total. The maximum absolute atomic E-state index is 9.47. The minimum atomic E-state index is 0.381. The fourth-order valence-electron chi connectivity index (χ4n) is 2.29. The first-order chi connectivity index (χ1) is 10.2. The van der Waals surface area contributed by atoms with Gasteiger partial charge in [0, 0.05) is 26.2 Å². The van der Waals surface area contributed by atoms with Crippen LogP contribution in [0.2, 0.25) is 0 Å². The summed E-state index contributed by atoms with van der Waals surface area (Å²) in [6.45, 7) is 9.61. The number of nitriles is 1. The number of rotatable bonds is 9. The van der Waals surface area contributed by atoms with Crippen molar-refractivity contribution in [1.82, 2.24) is 5.32 Å². The second kappa shape index (κ2) is 9.38. The Kier molecular flexibility index (Phi) is 7.81. The number of anilines is 1. The fraction of sp³-hybridized carbons (Fsp3) is 0.588. The molecule has 0 spiro atoms. The molecule has 21 heavy (non-hydrogen) atoms. The van der Waals surface area contributed by atoms with Crippen LogP contribution >= 0.6 is 0 Å². The van der Waals surface area contributed by atoms with Crippen LogP contribution in [0.25, 0.3) is 0 Å². The molecular weight excluding hydrogens is 262 g/mol. The monoisotopic (exact) mass is 289 g/mol. The summed E-state index contributed by atoms with van der Waals surface area (Å²) in [5, 5.41) is 12.8. The molecule has 0 aromatic heterocycles. The summed E-state index contributed by atoms with van der Waals surface area (Å²) < 4.78 is 5.20. The van der Waals surface area contributed by atoms with E-state index in [9.17, 15) is 5.26 Å². The van der Waals surface area contributed by atoms with Gasteiger partial charge in [-0.25, -0.2) is 0 Å². The average molecular weight is 289 g/mol. The van der Waals surface area contributed by atoms with Crippen LogP contribution in [0, 0.1) is 11.3 Å². The number of nitrogens with zero attached hydrogens (tertiary/aromatic N) is 2. The molecule has 1 aromatic carbocycles. The smallest absolute Gasteiger partial charge is 0.101 e. The second-order valence-corrected chi connectivity index (χ2v) is 5.19. The van der Waals surface area contributed by atoms with Gasteiger partial charge in [-0.3, -0.25) is 0 Å². The number of ether oxygens (including phenoxy) is 1. The van der Waals surface area contributed by atoms with Gasteiger partial charge in [0.15, 0.2) is 0 Å². The Morgan fingerprint density at radius 3 is 2.71 bits per heavy atom. The number of hydrogen-bond acceptors (Lipinski definition) is 4. The van der Waals surface area contributed by atoms with Crippen molar-refractivity contribution in [1.29, 1.82) is 5.26 Å². The van der Waals surface area contributed by atoms with Gasteiger partial charge in [-0.15, -0.1) is 0 Å². The first-order valence-electron chi connectivity index (χ1n) is 7.67. The Balaban J connectivity index is 3.04. The number of benzene rings is 1. The minimum absolute atomic E-state index is 0.381. The zero-order valence-electron chi connectivity index (χ0n) is 13.6. The van der Waals surface area contributed by atoms with E-state index in [1.165, 1.54) is 0 Å². The highest BCUT2D eigenvalue weighted by Crippen LogP contribution is 2.24. The molecule has 4 nitrogen and oxygen atoms in total. The van der Waals surface area contributed by atoms with Crippen molar-refractivity contribution in [3.63, 3.8) is 0 Å². The molecule has 0 saturated heterocycles. The van der Waals surface area contributed by atoms with Crippen LogP contribution in [0.1, 0.15) is 38.3 Å². The summed E-state index contributed by atoms with van der Waals surface area (Å²) in [5.74, 6) is 0. The Morgan fingerprint density at radius 1 is 1.38 bits per heavy atom. The molecule has 1 atom stereocenters. The SMILES string of the molecule is CCNCc1ccc(N(CCOC)C(C)CC)c(C#N)c1. The van der Waals surface area contributed by atoms with Crippen molar-refractivity contribution >= 4 is 5.69 Å². The molecule has 4 heteroatoms.